The lowest BCUT2D eigenvalue weighted by Gasteiger charge is -2.12. The van der Waals surface area contributed by atoms with Gasteiger partial charge in [-0.1, -0.05) is 6.07 Å². The molecule has 1 aromatic carbocycles. The Morgan fingerprint density at radius 3 is 2.68 bits per heavy atom. The lowest BCUT2D eigenvalue weighted by Crippen LogP contribution is -2.10. The van der Waals surface area contributed by atoms with E-state index in [-0.39, 0.29) is 36.3 Å². The molecule has 0 saturated carbocycles. The first-order valence-electron chi connectivity index (χ1n) is 5.73. The van der Waals surface area contributed by atoms with Gasteiger partial charge in [-0.25, -0.2) is 8.78 Å². The topological polar surface area (TPSA) is 76.1 Å². The normalized spacial score (nSPS) is 10.3. The molecule has 1 rings (SSSR count). The van der Waals surface area contributed by atoms with Crippen LogP contribution < -0.4 is 5.73 Å². The monoisotopic (exact) mass is 268 g/mol. The average Bonchev–Trinajstić information content (AvgIpc) is 2.37. The van der Waals surface area contributed by atoms with Gasteiger partial charge in [0.25, 0.3) is 6.43 Å². The number of hydrogen-bond donors (Lipinski definition) is 1. The molecule has 0 radical (unpaired) electrons. The third-order valence-electron chi connectivity index (χ3n) is 2.54. The van der Waals surface area contributed by atoms with Crippen LogP contribution in [-0.2, 0) is 22.5 Å². The molecule has 0 spiro atoms. The van der Waals surface area contributed by atoms with Gasteiger partial charge in [-0.05, 0) is 24.1 Å². The maximum absolute atomic E-state index is 12.9. The zero-order valence-electron chi connectivity index (χ0n) is 10.5. The maximum Gasteiger partial charge on any atom is 0.310 e. The van der Waals surface area contributed by atoms with E-state index in [1.807, 2.05) is 0 Å². The minimum absolute atomic E-state index is 0.0704. The van der Waals surface area contributed by atoms with Gasteiger partial charge >= 0.3 is 5.97 Å². The summed E-state index contributed by atoms with van der Waals surface area (Å²) in [7, 11) is 0. The highest BCUT2D eigenvalue weighted by atomic mass is 19.3. The summed E-state index contributed by atoms with van der Waals surface area (Å²) >= 11 is 0. The summed E-state index contributed by atoms with van der Waals surface area (Å²) in [6, 6.07) is 4.40. The number of hydrogen-bond acceptors (Lipinski definition) is 4. The zero-order valence-corrected chi connectivity index (χ0v) is 10.5. The van der Waals surface area contributed by atoms with Crippen molar-refractivity contribution in [3.63, 3.8) is 0 Å². The molecule has 0 saturated heterocycles. The van der Waals surface area contributed by atoms with Crippen molar-refractivity contribution in [1.82, 2.24) is 0 Å². The number of nitriles is 1. The Morgan fingerprint density at radius 1 is 1.53 bits per heavy atom. The summed E-state index contributed by atoms with van der Waals surface area (Å²) in [5, 5.41) is 8.91. The lowest BCUT2D eigenvalue weighted by atomic mass is 9.97. The molecular weight excluding hydrogens is 254 g/mol. The number of halogens is 2. The third-order valence-corrected chi connectivity index (χ3v) is 2.54. The Morgan fingerprint density at radius 2 is 2.21 bits per heavy atom. The van der Waals surface area contributed by atoms with Crippen LogP contribution in [0.1, 0.15) is 35.6 Å². The predicted molar refractivity (Wildman–Crippen MR) is 64.3 cm³/mol. The number of alkyl halides is 2. The van der Waals surface area contributed by atoms with Gasteiger partial charge in [0, 0.05) is 12.1 Å². The summed E-state index contributed by atoms with van der Waals surface area (Å²) in [5.74, 6) is -0.473. The smallest absolute Gasteiger partial charge is 0.310 e. The van der Waals surface area contributed by atoms with Crippen LogP contribution in [0.5, 0.6) is 0 Å². The molecule has 4 nitrogen and oxygen atoms in total. The quantitative estimate of drug-likeness (QED) is 0.829. The fourth-order valence-electron chi connectivity index (χ4n) is 1.78. The third kappa shape index (κ3) is 3.73. The maximum atomic E-state index is 12.9. The van der Waals surface area contributed by atoms with Crippen LogP contribution in [-0.4, -0.2) is 12.6 Å². The molecule has 0 aromatic heterocycles. The minimum atomic E-state index is -2.77. The molecule has 6 heteroatoms. The van der Waals surface area contributed by atoms with Crippen LogP contribution in [0.15, 0.2) is 12.1 Å². The summed E-state index contributed by atoms with van der Waals surface area (Å²) in [6.07, 6.45) is -2.84. The molecule has 0 bridgehead atoms. The van der Waals surface area contributed by atoms with Gasteiger partial charge < -0.3 is 10.5 Å². The summed E-state index contributed by atoms with van der Waals surface area (Å²) in [6.45, 7) is 1.79. The number of benzene rings is 1. The van der Waals surface area contributed by atoms with Crippen molar-refractivity contribution in [1.29, 1.82) is 5.26 Å². The first kappa shape index (κ1) is 15.1. The summed E-state index contributed by atoms with van der Waals surface area (Å²) < 4.78 is 30.5. The van der Waals surface area contributed by atoms with E-state index in [1.165, 1.54) is 12.1 Å². The van der Waals surface area contributed by atoms with E-state index in [0.717, 1.165) is 0 Å². The van der Waals surface area contributed by atoms with Crippen LogP contribution in [0.2, 0.25) is 0 Å². The van der Waals surface area contributed by atoms with E-state index in [4.69, 9.17) is 15.7 Å². The van der Waals surface area contributed by atoms with E-state index in [1.54, 1.807) is 13.0 Å². The van der Waals surface area contributed by atoms with Crippen molar-refractivity contribution < 1.29 is 18.3 Å². The molecule has 0 amide bonds. The number of carbonyl (C=O) groups excluding carboxylic acids is 1. The summed E-state index contributed by atoms with van der Waals surface area (Å²) in [5.41, 5.74) is 5.51. The highest BCUT2D eigenvalue weighted by molar-refractivity contribution is 5.73. The van der Waals surface area contributed by atoms with Crippen molar-refractivity contribution in [2.75, 3.05) is 6.61 Å². The molecule has 0 fully saturated rings. The van der Waals surface area contributed by atoms with Gasteiger partial charge in [-0.2, -0.15) is 5.26 Å². The SMILES string of the molecule is CCOC(=O)Cc1cc(C#N)c(C(F)F)c(CN)c1. The second-order valence-corrected chi connectivity index (χ2v) is 3.81. The second kappa shape index (κ2) is 6.81. The number of esters is 1. The lowest BCUT2D eigenvalue weighted by molar-refractivity contribution is -0.142. The molecule has 0 heterocycles. The molecule has 0 unspecified atom stereocenters. The van der Waals surface area contributed by atoms with Crippen molar-refractivity contribution in [2.45, 2.75) is 26.3 Å². The van der Waals surface area contributed by atoms with Crippen molar-refractivity contribution in [3.8, 4) is 6.07 Å². The molecule has 19 heavy (non-hydrogen) atoms. The molecule has 0 atom stereocenters. The molecular formula is C13H14F2N2O2. The average molecular weight is 268 g/mol. The van der Waals surface area contributed by atoms with Crippen LogP contribution in [0.25, 0.3) is 0 Å². The predicted octanol–water partition coefficient (Wildman–Crippen LogP) is 2.06. The Bertz CT molecular complexity index is 510. The first-order chi connectivity index (χ1) is 9.03. The number of carbonyl (C=O) groups is 1. The van der Waals surface area contributed by atoms with Crippen LogP contribution in [0.3, 0.4) is 0 Å². The largest absolute Gasteiger partial charge is 0.466 e. The Kier molecular flexibility index (Phi) is 5.39. The number of rotatable bonds is 5. The van der Waals surface area contributed by atoms with Crippen LogP contribution in [0.4, 0.5) is 8.78 Å². The molecule has 2 N–H and O–H groups in total. The van der Waals surface area contributed by atoms with Gasteiger partial charge in [-0.15, -0.1) is 0 Å². The highest BCUT2D eigenvalue weighted by Crippen LogP contribution is 2.28. The standard InChI is InChI=1S/C13H14F2N2O2/c1-2-19-11(18)5-8-3-9(6-16)12(13(14)15)10(4-8)7-17/h3-4,13H,2,5-6,16H2,1H3. The van der Waals surface area contributed by atoms with E-state index < -0.39 is 12.4 Å². The molecule has 102 valence electrons. The molecule has 0 aliphatic carbocycles. The van der Waals surface area contributed by atoms with Gasteiger partial charge in [0.05, 0.1) is 24.7 Å². The fraction of sp³-hybridized carbons (Fsp3) is 0.385. The van der Waals surface area contributed by atoms with Gasteiger partial charge in [0.2, 0.25) is 0 Å². The van der Waals surface area contributed by atoms with E-state index in [0.29, 0.717) is 5.56 Å². The number of nitrogens with two attached hydrogens (primary N) is 1. The van der Waals surface area contributed by atoms with Crippen molar-refractivity contribution >= 4 is 5.97 Å². The van der Waals surface area contributed by atoms with Gasteiger partial charge in [0.1, 0.15) is 0 Å². The van der Waals surface area contributed by atoms with E-state index in [2.05, 4.69) is 0 Å². The Labute approximate surface area is 109 Å². The van der Waals surface area contributed by atoms with Gasteiger partial charge in [-0.3, -0.25) is 4.79 Å². The van der Waals surface area contributed by atoms with Crippen molar-refractivity contribution in [2.24, 2.45) is 5.73 Å². The first-order valence-corrected chi connectivity index (χ1v) is 5.73. The summed E-state index contributed by atoms with van der Waals surface area (Å²) in [4.78, 5) is 11.3. The number of ether oxygens (including phenoxy) is 1. The Hall–Kier alpha value is -2.00. The minimum Gasteiger partial charge on any atom is -0.466 e. The van der Waals surface area contributed by atoms with Gasteiger partial charge in [0.15, 0.2) is 0 Å². The van der Waals surface area contributed by atoms with Crippen LogP contribution >= 0.6 is 0 Å². The molecule has 1 aromatic rings. The molecule has 0 aliphatic heterocycles. The van der Waals surface area contributed by atoms with Crippen LogP contribution in [0, 0.1) is 11.3 Å². The number of nitrogens with zero attached hydrogens (tertiary/aromatic N) is 1. The van der Waals surface area contributed by atoms with E-state index in [9.17, 15) is 13.6 Å². The Balaban J connectivity index is 3.17. The highest BCUT2D eigenvalue weighted by Gasteiger charge is 2.19. The fourth-order valence-corrected chi connectivity index (χ4v) is 1.78. The van der Waals surface area contributed by atoms with Crippen molar-refractivity contribution in [3.05, 3.63) is 34.4 Å². The van der Waals surface area contributed by atoms with E-state index >= 15 is 0 Å². The molecule has 0 aliphatic rings. The second-order valence-electron chi connectivity index (χ2n) is 3.81. The zero-order chi connectivity index (χ0) is 14.4.